The lowest BCUT2D eigenvalue weighted by atomic mass is 10.0. The maximum Gasteiger partial charge on any atom is 0.410 e. The SMILES string of the molecule is COC(=O)c1cc(C(C=O)N(C)C(=O)OC(C)(C)C)ccc1O. The van der Waals surface area contributed by atoms with Gasteiger partial charge < -0.3 is 19.4 Å². The zero-order chi connectivity index (χ0) is 17.8. The van der Waals surface area contributed by atoms with Gasteiger partial charge in [0.05, 0.1) is 7.11 Å². The number of nitrogens with zero attached hydrogens (tertiary/aromatic N) is 1. The first kappa shape index (κ1) is 18.5. The highest BCUT2D eigenvalue weighted by atomic mass is 16.6. The number of carbonyl (C=O) groups excluding carboxylic acids is 3. The second kappa shape index (κ2) is 7.13. The minimum absolute atomic E-state index is 0.0885. The molecule has 1 unspecified atom stereocenters. The fourth-order valence-corrected chi connectivity index (χ4v) is 1.85. The van der Waals surface area contributed by atoms with E-state index in [9.17, 15) is 19.5 Å². The van der Waals surface area contributed by atoms with E-state index in [1.807, 2.05) is 0 Å². The molecule has 7 nitrogen and oxygen atoms in total. The van der Waals surface area contributed by atoms with Gasteiger partial charge in [-0.1, -0.05) is 6.07 Å². The van der Waals surface area contributed by atoms with Gasteiger partial charge in [-0.05, 0) is 38.5 Å². The maximum absolute atomic E-state index is 12.1. The normalized spacial score (nSPS) is 12.2. The average Bonchev–Trinajstić information content (AvgIpc) is 2.46. The summed E-state index contributed by atoms with van der Waals surface area (Å²) in [6.45, 7) is 5.14. The van der Waals surface area contributed by atoms with Crippen LogP contribution in [0.15, 0.2) is 18.2 Å². The molecule has 0 aliphatic carbocycles. The lowest BCUT2D eigenvalue weighted by Gasteiger charge is -2.28. The summed E-state index contributed by atoms with van der Waals surface area (Å²) < 4.78 is 9.78. The van der Waals surface area contributed by atoms with Crippen LogP contribution >= 0.6 is 0 Å². The molecule has 0 saturated heterocycles. The lowest BCUT2D eigenvalue weighted by Crippen LogP contribution is -2.37. The van der Waals surface area contributed by atoms with E-state index in [2.05, 4.69) is 4.74 Å². The molecule has 1 rings (SSSR count). The predicted molar refractivity (Wildman–Crippen MR) is 82.2 cm³/mol. The molecule has 0 aliphatic heterocycles. The van der Waals surface area contributed by atoms with Gasteiger partial charge in [0.2, 0.25) is 0 Å². The summed E-state index contributed by atoms with van der Waals surface area (Å²) >= 11 is 0. The van der Waals surface area contributed by atoms with Crippen LogP contribution in [0.4, 0.5) is 4.79 Å². The van der Waals surface area contributed by atoms with E-state index in [0.29, 0.717) is 11.8 Å². The number of phenols is 1. The van der Waals surface area contributed by atoms with E-state index in [1.54, 1.807) is 20.8 Å². The molecular formula is C16H21NO6. The number of ether oxygens (including phenoxy) is 2. The molecule has 1 aromatic carbocycles. The highest BCUT2D eigenvalue weighted by Gasteiger charge is 2.27. The van der Waals surface area contributed by atoms with Crippen molar-refractivity contribution in [3.05, 3.63) is 29.3 Å². The van der Waals surface area contributed by atoms with Crippen molar-refractivity contribution in [2.45, 2.75) is 32.4 Å². The number of hydrogen-bond donors (Lipinski definition) is 1. The number of hydrogen-bond acceptors (Lipinski definition) is 6. The molecule has 0 saturated carbocycles. The van der Waals surface area contributed by atoms with Crippen molar-refractivity contribution in [2.75, 3.05) is 14.2 Å². The molecule has 1 N–H and O–H groups in total. The Bertz CT molecular complexity index is 605. The number of rotatable bonds is 4. The molecular weight excluding hydrogens is 302 g/mol. The molecule has 0 spiro atoms. The third-order valence-corrected chi connectivity index (χ3v) is 3.00. The summed E-state index contributed by atoms with van der Waals surface area (Å²) in [5.74, 6) is -1.01. The van der Waals surface area contributed by atoms with E-state index in [-0.39, 0.29) is 11.3 Å². The van der Waals surface area contributed by atoms with Crippen molar-refractivity contribution in [1.29, 1.82) is 0 Å². The van der Waals surface area contributed by atoms with Crippen molar-refractivity contribution in [3.63, 3.8) is 0 Å². The number of amides is 1. The van der Waals surface area contributed by atoms with E-state index < -0.39 is 23.7 Å². The Morgan fingerprint density at radius 3 is 2.39 bits per heavy atom. The molecule has 0 fully saturated rings. The van der Waals surface area contributed by atoms with Gasteiger partial charge in [0.1, 0.15) is 29.2 Å². The van der Waals surface area contributed by atoms with Crippen LogP contribution in [0, 0.1) is 0 Å². The Kier molecular flexibility index (Phi) is 5.73. The van der Waals surface area contributed by atoms with Crippen LogP contribution in [0.25, 0.3) is 0 Å². The fourth-order valence-electron chi connectivity index (χ4n) is 1.85. The van der Waals surface area contributed by atoms with Gasteiger partial charge in [-0.25, -0.2) is 9.59 Å². The molecule has 0 aromatic heterocycles. The Morgan fingerprint density at radius 2 is 1.91 bits per heavy atom. The van der Waals surface area contributed by atoms with Crippen LogP contribution in [0.3, 0.4) is 0 Å². The number of aldehydes is 1. The van der Waals surface area contributed by atoms with Crippen LogP contribution in [-0.4, -0.2) is 48.1 Å². The van der Waals surface area contributed by atoms with Gasteiger partial charge in [-0.15, -0.1) is 0 Å². The lowest BCUT2D eigenvalue weighted by molar-refractivity contribution is -0.112. The van der Waals surface area contributed by atoms with Crippen molar-refractivity contribution in [1.82, 2.24) is 4.90 Å². The summed E-state index contributed by atoms with van der Waals surface area (Å²) in [5.41, 5.74) is -0.439. The first-order chi connectivity index (χ1) is 10.6. The number of carbonyl (C=O) groups is 3. The van der Waals surface area contributed by atoms with E-state index in [1.165, 1.54) is 32.4 Å². The van der Waals surface area contributed by atoms with Gasteiger partial charge >= 0.3 is 12.1 Å². The molecule has 0 bridgehead atoms. The first-order valence-corrected chi connectivity index (χ1v) is 6.93. The highest BCUT2D eigenvalue weighted by Crippen LogP contribution is 2.26. The van der Waals surface area contributed by atoms with Gasteiger partial charge in [0.25, 0.3) is 0 Å². The van der Waals surface area contributed by atoms with Crippen LogP contribution < -0.4 is 0 Å². The zero-order valence-electron chi connectivity index (χ0n) is 13.8. The Morgan fingerprint density at radius 1 is 1.30 bits per heavy atom. The molecule has 0 radical (unpaired) electrons. The Hall–Kier alpha value is -2.57. The van der Waals surface area contributed by atoms with Crippen LogP contribution in [-0.2, 0) is 14.3 Å². The molecule has 1 aromatic rings. The van der Waals surface area contributed by atoms with Gasteiger partial charge in [0, 0.05) is 7.05 Å². The van der Waals surface area contributed by atoms with Crippen LogP contribution in [0.2, 0.25) is 0 Å². The zero-order valence-corrected chi connectivity index (χ0v) is 13.8. The second-order valence-electron chi connectivity index (χ2n) is 5.94. The van der Waals surface area contributed by atoms with Crippen molar-refractivity contribution in [3.8, 4) is 5.75 Å². The maximum atomic E-state index is 12.1. The van der Waals surface area contributed by atoms with E-state index in [4.69, 9.17) is 4.74 Å². The number of methoxy groups -OCH3 is 1. The summed E-state index contributed by atoms with van der Waals surface area (Å²) in [5, 5.41) is 9.70. The predicted octanol–water partition coefficient (Wildman–Crippen LogP) is 2.29. The van der Waals surface area contributed by atoms with E-state index >= 15 is 0 Å². The van der Waals surface area contributed by atoms with E-state index in [0.717, 1.165) is 4.90 Å². The molecule has 126 valence electrons. The van der Waals surface area contributed by atoms with Crippen molar-refractivity contribution in [2.24, 2.45) is 0 Å². The largest absolute Gasteiger partial charge is 0.507 e. The summed E-state index contributed by atoms with van der Waals surface area (Å²) in [6, 6.07) is 3.05. The van der Waals surface area contributed by atoms with Gasteiger partial charge in [0.15, 0.2) is 0 Å². The van der Waals surface area contributed by atoms with Crippen molar-refractivity contribution < 1.29 is 29.0 Å². The number of phenolic OH excluding ortho intramolecular Hbond substituents is 1. The average molecular weight is 323 g/mol. The Labute approximate surface area is 134 Å². The third kappa shape index (κ3) is 4.70. The quantitative estimate of drug-likeness (QED) is 0.675. The number of likely N-dealkylation sites (N-methyl/N-ethyl adjacent to an activating group) is 1. The molecule has 23 heavy (non-hydrogen) atoms. The first-order valence-electron chi connectivity index (χ1n) is 6.93. The van der Waals surface area contributed by atoms with Gasteiger partial charge in [-0.2, -0.15) is 0 Å². The molecule has 0 aliphatic rings. The monoisotopic (exact) mass is 323 g/mol. The topological polar surface area (TPSA) is 93.1 Å². The summed E-state index contributed by atoms with van der Waals surface area (Å²) in [4.78, 5) is 36.2. The van der Waals surface area contributed by atoms with Crippen LogP contribution in [0.5, 0.6) is 5.75 Å². The van der Waals surface area contributed by atoms with Crippen molar-refractivity contribution >= 4 is 18.3 Å². The fraction of sp³-hybridized carbons (Fsp3) is 0.438. The molecule has 7 heteroatoms. The number of benzene rings is 1. The van der Waals surface area contributed by atoms with Crippen LogP contribution in [0.1, 0.15) is 42.7 Å². The number of esters is 1. The minimum atomic E-state index is -0.964. The molecule has 1 atom stereocenters. The molecule has 1 amide bonds. The number of aromatic hydroxyl groups is 1. The Balaban J connectivity index is 3.13. The minimum Gasteiger partial charge on any atom is -0.507 e. The third-order valence-electron chi connectivity index (χ3n) is 3.00. The highest BCUT2D eigenvalue weighted by molar-refractivity contribution is 5.92. The standard InChI is InChI=1S/C16H21NO6/c1-16(2,3)23-15(21)17(4)12(9-18)10-6-7-13(19)11(8-10)14(20)22-5/h6-9,12,19H,1-5H3. The summed E-state index contributed by atoms with van der Waals surface area (Å²) in [7, 11) is 2.59. The second-order valence-corrected chi connectivity index (χ2v) is 5.94. The smallest absolute Gasteiger partial charge is 0.410 e. The molecule has 0 heterocycles. The summed E-state index contributed by atoms with van der Waals surface area (Å²) in [6.07, 6.45) is -0.125. The van der Waals surface area contributed by atoms with Gasteiger partial charge in [-0.3, -0.25) is 4.90 Å².